The van der Waals surface area contributed by atoms with E-state index in [9.17, 15) is 4.79 Å². The van der Waals surface area contributed by atoms with Crippen LogP contribution in [-0.4, -0.2) is 40.8 Å². The molecule has 6 heteroatoms. The molecule has 26 heavy (non-hydrogen) atoms. The molecule has 0 bridgehead atoms. The van der Waals surface area contributed by atoms with E-state index >= 15 is 0 Å². The number of aromatic amines is 1. The number of aryl methyl sites for hydroxylation is 1. The monoisotopic (exact) mass is 375 g/mol. The van der Waals surface area contributed by atoms with E-state index in [-0.39, 0.29) is 5.97 Å². The number of benzene rings is 1. The lowest BCUT2D eigenvalue weighted by Gasteiger charge is -2.40. The molecule has 3 rings (SSSR count). The number of hydrogen-bond acceptors (Lipinski definition) is 4. The van der Waals surface area contributed by atoms with Gasteiger partial charge in [0.05, 0.1) is 17.7 Å². The van der Waals surface area contributed by atoms with Crippen molar-refractivity contribution in [2.45, 2.75) is 39.7 Å². The zero-order chi connectivity index (χ0) is 18.6. The maximum Gasteiger partial charge on any atom is 0.312 e. The lowest BCUT2D eigenvalue weighted by atomic mass is 9.73. The molecule has 1 aliphatic rings. The van der Waals surface area contributed by atoms with E-state index in [4.69, 9.17) is 16.3 Å². The Morgan fingerprint density at radius 1 is 1.35 bits per heavy atom. The molecule has 140 valence electrons. The van der Waals surface area contributed by atoms with Crippen molar-refractivity contribution in [3.05, 3.63) is 52.3 Å². The third kappa shape index (κ3) is 4.27. The molecule has 0 unspecified atom stereocenters. The Morgan fingerprint density at radius 3 is 2.69 bits per heavy atom. The molecule has 0 atom stereocenters. The molecule has 1 aromatic carbocycles. The summed E-state index contributed by atoms with van der Waals surface area (Å²) in [7, 11) is 0. The molecule has 1 aliphatic heterocycles. The number of esters is 1. The van der Waals surface area contributed by atoms with E-state index in [1.54, 1.807) is 0 Å². The smallest absolute Gasteiger partial charge is 0.312 e. The van der Waals surface area contributed by atoms with Gasteiger partial charge in [0.15, 0.2) is 0 Å². The molecular formula is C20H26ClN3O2. The molecule has 0 aliphatic carbocycles. The van der Waals surface area contributed by atoms with Gasteiger partial charge in [-0.2, -0.15) is 5.10 Å². The first kappa shape index (κ1) is 18.9. The van der Waals surface area contributed by atoms with Gasteiger partial charge in [-0.3, -0.25) is 14.8 Å². The van der Waals surface area contributed by atoms with Crippen molar-refractivity contribution in [1.29, 1.82) is 0 Å². The summed E-state index contributed by atoms with van der Waals surface area (Å²) in [6.07, 6.45) is 2.15. The van der Waals surface area contributed by atoms with Crippen LogP contribution in [0.1, 0.15) is 36.7 Å². The number of hydrogen-bond donors (Lipinski definition) is 1. The largest absolute Gasteiger partial charge is 0.466 e. The summed E-state index contributed by atoms with van der Waals surface area (Å²) in [4.78, 5) is 15.1. The van der Waals surface area contributed by atoms with Crippen molar-refractivity contribution in [1.82, 2.24) is 15.1 Å². The maximum absolute atomic E-state index is 12.8. The number of likely N-dealkylation sites (tertiary alicyclic amines) is 1. The molecule has 1 saturated heterocycles. The van der Waals surface area contributed by atoms with Crippen LogP contribution in [0, 0.1) is 12.3 Å². The summed E-state index contributed by atoms with van der Waals surface area (Å²) in [5.74, 6) is -0.102. The first-order valence-electron chi connectivity index (χ1n) is 9.16. The van der Waals surface area contributed by atoms with E-state index in [0.29, 0.717) is 18.1 Å². The standard InChI is InChI=1S/C20H26ClN3O2/c1-3-26-19(25)20(13-16-6-4-5-7-18(16)21)8-10-24(11-9-20)14-17-12-15(2)22-23-17/h4-7,12H,3,8-11,13-14H2,1-2H3,(H,22,23). The minimum Gasteiger partial charge on any atom is -0.466 e. The highest BCUT2D eigenvalue weighted by Crippen LogP contribution is 2.38. The van der Waals surface area contributed by atoms with Crippen LogP contribution in [0.15, 0.2) is 30.3 Å². The van der Waals surface area contributed by atoms with Crippen molar-refractivity contribution >= 4 is 17.6 Å². The number of aromatic nitrogens is 2. The summed E-state index contributed by atoms with van der Waals surface area (Å²) < 4.78 is 5.44. The van der Waals surface area contributed by atoms with Crippen molar-refractivity contribution in [3.63, 3.8) is 0 Å². The number of carbonyl (C=O) groups excluding carboxylic acids is 1. The number of piperidine rings is 1. The Morgan fingerprint density at radius 2 is 2.08 bits per heavy atom. The van der Waals surface area contributed by atoms with Crippen molar-refractivity contribution in [3.8, 4) is 0 Å². The van der Waals surface area contributed by atoms with Gasteiger partial charge in [0, 0.05) is 17.3 Å². The fourth-order valence-electron chi connectivity index (χ4n) is 3.67. The number of H-pyrrole nitrogens is 1. The molecule has 1 aromatic heterocycles. The van der Waals surface area contributed by atoms with Crippen molar-refractivity contribution in [2.24, 2.45) is 5.41 Å². The van der Waals surface area contributed by atoms with Gasteiger partial charge >= 0.3 is 5.97 Å². The van der Waals surface area contributed by atoms with Gasteiger partial charge in [0.2, 0.25) is 0 Å². The Balaban J connectivity index is 1.72. The number of nitrogens with zero attached hydrogens (tertiary/aromatic N) is 2. The average Bonchev–Trinajstić information content (AvgIpc) is 3.04. The van der Waals surface area contributed by atoms with Crippen LogP contribution in [-0.2, 0) is 22.5 Å². The van der Waals surface area contributed by atoms with Crippen molar-refractivity contribution in [2.75, 3.05) is 19.7 Å². The van der Waals surface area contributed by atoms with E-state index < -0.39 is 5.41 Å². The van der Waals surface area contributed by atoms with Gasteiger partial charge in [0.25, 0.3) is 0 Å². The summed E-state index contributed by atoms with van der Waals surface area (Å²) in [5, 5.41) is 8.01. The predicted molar refractivity (Wildman–Crippen MR) is 102 cm³/mol. The lowest BCUT2D eigenvalue weighted by Crippen LogP contribution is -2.46. The number of ether oxygens (including phenoxy) is 1. The van der Waals surface area contributed by atoms with E-state index in [2.05, 4.69) is 21.2 Å². The SMILES string of the molecule is CCOC(=O)C1(Cc2ccccc2Cl)CCN(Cc2cc(C)[nH]n2)CC1. The quantitative estimate of drug-likeness (QED) is 0.781. The van der Waals surface area contributed by atoms with E-state index in [1.165, 1.54) is 0 Å². The molecule has 1 N–H and O–H groups in total. The zero-order valence-electron chi connectivity index (χ0n) is 15.4. The summed E-state index contributed by atoms with van der Waals surface area (Å²) >= 11 is 6.35. The highest BCUT2D eigenvalue weighted by Gasteiger charge is 2.43. The fraction of sp³-hybridized carbons (Fsp3) is 0.500. The molecule has 0 amide bonds. The van der Waals surface area contributed by atoms with Crippen LogP contribution in [0.2, 0.25) is 5.02 Å². The van der Waals surface area contributed by atoms with Crippen LogP contribution in [0.25, 0.3) is 0 Å². The number of nitrogens with one attached hydrogen (secondary N) is 1. The molecule has 0 radical (unpaired) electrons. The number of carbonyl (C=O) groups is 1. The van der Waals surface area contributed by atoms with Crippen LogP contribution in [0.3, 0.4) is 0 Å². The normalized spacial score (nSPS) is 17.2. The summed E-state index contributed by atoms with van der Waals surface area (Å²) in [6, 6.07) is 9.83. The molecule has 2 heterocycles. The Labute approximate surface area is 159 Å². The number of halogens is 1. The van der Waals surface area contributed by atoms with Crippen LogP contribution < -0.4 is 0 Å². The third-order valence-corrected chi connectivity index (χ3v) is 5.52. The topological polar surface area (TPSA) is 58.2 Å². The van der Waals surface area contributed by atoms with Crippen molar-refractivity contribution < 1.29 is 9.53 Å². The second-order valence-electron chi connectivity index (χ2n) is 7.09. The van der Waals surface area contributed by atoms with E-state index in [0.717, 1.165) is 49.4 Å². The highest BCUT2D eigenvalue weighted by atomic mass is 35.5. The molecule has 0 saturated carbocycles. The predicted octanol–water partition coefficient (Wildman–Crippen LogP) is 3.76. The average molecular weight is 376 g/mol. The third-order valence-electron chi connectivity index (χ3n) is 5.15. The molecule has 5 nitrogen and oxygen atoms in total. The lowest BCUT2D eigenvalue weighted by molar-refractivity contribution is -0.158. The van der Waals surface area contributed by atoms with E-state index in [1.807, 2.05) is 38.1 Å². The summed E-state index contributed by atoms with van der Waals surface area (Å²) in [5.41, 5.74) is 2.62. The Bertz CT molecular complexity index is 751. The van der Waals surface area contributed by atoms with Gasteiger partial charge < -0.3 is 4.74 Å². The zero-order valence-corrected chi connectivity index (χ0v) is 16.2. The minimum atomic E-state index is -0.501. The van der Waals surface area contributed by atoms with Crippen LogP contribution in [0.4, 0.5) is 0 Å². The minimum absolute atomic E-state index is 0.102. The second kappa shape index (κ2) is 8.23. The molecular weight excluding hydrogens is 350 g/mol. The van der Waals surface area contributed by atoms with Gasteiger partial charge in [-0.05, 0) is 63.9 Å². The molecule has 0 spiro atoms. The van der Waals surface area contributed by atoms with Gasteiger partial charge in [-0.25, -0.2) is 0 Å². The Hall–Kier alpha value is -1.85. The van der Waals surface area contributed by atoms with Crippen LogP contribution in [0.5, 0.6) is 0 Å². The highest BCUT2D eigenvalue weighted by molar-refractivity contribution is 6.31. The number of rotatable bonds is 6. The first-order valence-corrected chi connectivity index (χ1v) is 9.54. The first-order chi connectivity index (χ1) is 12.5. The van der Waals surface area contributed by atoms with Crippen LogP contribution >= 0.6 is 11.6 Å². The second-order valence-corrected chi connectivity index (χ2v) is 7.49. The molecule has 2 aromatic rings. The Kier molecular flexibility index (Phi) is 5.99. The maximum atomic E-state index is 12.8. The summed E-state index contributed by atoms with van der Waals surface area (Å²) in [6.45, 7) is 6.75. The van der Waals surface area contributed by atoms with Gasteiger partial charge in [0.1, 0.15) is 0 Å². The molecule has 1 fully saturated rings. The van der Waals surface area contributed by atoms with Gasteiger partial charge in [-0.15, -0.1) is 0 Å². The fourth-order valence-corrected chi connectivity index (χ4v) is 3.87. The van der Waals surface area contributed by atoms with Gasteiger partial charge in [-0.1, -0.05) is 29.8 Å².